The Labute approximate surface area is 221 Å². The van der Waals surface area contributed by atoms with E-state index < -0.39 is 0 Å². The summed E-state index contributed by atoms with van der Waals surface area (Å²) in [4.78, 5) is 15.3. The van der Waals surface area contributed by atoms with Gasteiger partial charge in [0.25, 0.3) is 0 Å². The number of hydrogen-bond donors (Lipinski definition) is 1. The largest absolute Gasteiger partial charge is 0.492 e. The summed E-state index contributed by atoms with van der Waals surface area (Å²) in [6, 6.07) is 12.5. The van der Waals surface area contributed by atoms with E-state index in [1.54, 1.807) is 31.4 Å². The number of piperidine rings is 1. The van der Waals surface area contributed by atoms with Gasteiger partial charge in [0.1, 0.15) is 18.6 Å². The minimum absolute atomic E-state index is 0.570. The van der Waals surface area contributed by atoms with Gasteiger partial charge in [0.05, 0.1) is 6.61 Å². The average molecular weight is 516 g/mol. The number of methoxy groups -OCH3 is 1. The number of benzene rings is 2. The Kier molecular flexibility index (Phi) is 11.7. The van der Waals surface area contributed by atoms with Crippen LogP contribution in [-0.4, -0.2) is 82.2 Å². The van der Waals surface area contributed by atoms with Crippen molar-refractivity contribution in [3.63, 3.8) is 0 Å². The Morgan fingerprint density at radius 1 is 1.03 bits per heavy atom. The molecule has 1 N–H and O–H groups in total. The number of carbonyl (C=O) groups is 1. The lowest BCUT2D eigenvalue weighted by Gasteiger charge is -2.48. The summed E-state index contributed by atoms with van der Waals surface area (Å²) >= 11 is 5.55. The predicted octanol–water partition coefficient (Wildman–Crippen LogP) is 4.91. The maximum Gasteiger partial charge on any atom is 0.150 e. The first-order chi connectivity index (χ1) is 17.4. The zero-order chi connectivity index (χ0) is 25.9. The molecule has 6 nitrogen and oxygen atoms in total. The minimum atomic E-state index is 0.570. The van der Waals surface area contributed by atoms with Crippen molar-refractivity contribution in [3.8, 4) is 5.75 Å². The van der Waals surface area contributed by atoms with E-state index in [1.165, 1.54) is 55.6 Å². The van der Waals surface area contributed by atoms with E-state index in [1.807, 2.05) is 0 Å². The number of fused-ring (bicyclic) bond motifs is 1. The van der Waals surface area contributed by atoms with Crippen LogP contribution in [0.3, 0.4) is 0 Å². The summed E-state index contributed by atoms with van der Waals surface area (Å²) in [6.45, 7) is 11.2. The predicted molar refractivity (Wildman–Crippen MR) is 148 cm³/mol. The average Bonchev–Trinajstić information content (AvgIpc) is 2.89. The second kappa shape index (κ2) is 14.7. The van der Waals surface area contributed by atoms with E-state index in [2.05, 4.69) is 48.1 Å². The molecule has 2 aliphatic rings. The molecule has 198 valence electrons. The lowest BCUT2D eigenvalue weighted by Crippen LogP contribution is -2.54. The van der Waals surface area contributed by atoms with Gasteiger partial charge in [-0.05, 0) is 75.0 Å². The van der Waals surface area contributed by atoms with Crippen molar-refractivity contribution < 1.29 is 14.3 Å². The van der Waals surface area contributed by atoms with E-state index in [4.69, 9.17) is 21.1 Å². The Balaban J connectivity index is 0.000000338. The zero-order valence-corrected chi connectivity index (χ0v) is 23.0. The molecule has 2 unspecified atom stereocenters. The second-order valence-electron chi connectivity index (χ2n) is 9.76. The lowest BCUT2D eigenvalue weighted by molar-refractivity contribution is 0.0183. The molecule has 0 spiro atoms. The van der Waals surface area contributed by atoms with E-state index in [0.717, 1.165) is 37.8 Å². The third-order valence-corrected chi connectivity index (χ3v) is 7.56. The summed E-state index contributed by atoms with van der Waals surface area (Å²) in [5, 5.41) is 3.98. The van der Waals surface area contributed by atoms with E-state index in [-0.39, 0.29) is 0 Å². The summed E-state index contributed by atoms with van der Waals surface area (Å²) in [7, 11) is 3.98. The van der Waals surface area contributed by atoms with Crippen LogP contribution in [0.15, 0.2) is 36.4 Å². The van der Waals surface area contributed by atoms with E-state index in [0.29, 0.717) is 23.2 Å². The molecule has 0 aromatic heterocycles. The van der Waals surface area contributed by atoms with Gasteiger partial charge < -0.3 is 19.7 Å². The molecule has 36 heavy (non-hydrogen) atoms. The van der Waals surface area contributed by atoms with E-state index in [9.17, 15) is 4.79 Å². The van der Waals surface area contributed by atoms with Gasteiger partial charge in [-0.25, -0.2) is 0 Å². The first-order valence-corrected chi connectivity index (χ1v) is 13.4. The molecule has 2 aliphatic heterocycles. The van der Waals surface area contributed by atoms with Crippen LogP contribution in [0.4, 0.5) is 0 Å². The van der Waals surface area contributed by atoms with Crippen LogP contribution in [-0.2, 0) is 4.74 Å². The molecule has 0 saturated carbocycles. The quantitative estimate of drug-likeness (QED) is 0.378. The van der Waals surface area contributed by atoms with Crippen LogP contribution >= 0.6 is 11.6 Å². The fourth-order valence-corrected chi connectivity index (χ4v) is 5.27. The number of nitrogens with zero attached hydrogens (tertiary/aromatic N) is 2. The molecular formula is C29H42ClN3O3. The number of nitrogens with one attached hydrogen (secondary N) is 1. The third-order valence-electron chi connectivity index (χ3n) is 7.31. The van der Waals surface area contributed by atoms with Gasteiger partial charge >= 0.3 is 0 Å². The molecule has 7 heteroatoms. The van der Waals surface area contributed by atoms with Gasteiger partial charge in [0, 0.05) is 62.5 Å². The summed E-state index contributed by atoms with van der Waals surface area (Å²) in [5.41, 5.74) is 4.86. The molecule has 0 radical (unpaired) electrons. The van der Waals surface area contributed by atoms with Gasteiger partial charge in [0.2, 0.25) is 0 Å². The maximum absolute atomic E-state index is 10.1. The highest BCUT2D eigenvalue weighted by molar-refractivity contribution is 6.30. The van der Waals surface area contributed by atoms with Gasteiger partial charge in [-0.1, -0.05) is 29.8 Å². The van der Waals surface area contributed by atoms with Crippen LogP contribution < -0.4 is 10.1 Å². The van der Waals surface area contributed by atoms with Gasteiger partial charge in [-0.3, -0.25) is 9.69 Å². The van der Waals surface area contributed by atoms with Crippen LogP contribution in [0, 0.1) is 13.8 Å². The van der Waals surface area contributed by atoms with Crippen molar-refractivity contribution in [1.29, 1.82) is 0 Å². The standard InChI is InChI=1S/C22H37N3O2.C7H5ClO/c1-17-18(2)22(27-15-11-23-10-14-26-4)9-8-20(17)21-7-5-6-19-16-24(3)12-13-25(19)21;8-7-3-1-6(5-9)2-4-7/h8-9,19,21,23H,5-7,10-16H2,1-4H3;1-5H. The van der Waals surface area contributed by atoms with Crippen molar-refractivity contribution >= 4 is 17.9 Å². The highest BCUT2D eigenvalue weighted by atomic mass is 35.5. The highest BCUT2D eigenvalue weighted by Gasteiger charge is 2.35. The Bertz CT molecular complexity index is 954. The van der Waals surface area contributed by atoms with Crippen LogP contribution in [0.5, 0.6) is 5.75 Å². The Morgan fingerprint density at radius 2 is 1.78 bits per heavy atom. The molecule has 0 amide bonds. The molecule has 0 aliphatic carbocycles. The molecule has 0 bridgehead atoms. The summed E-state index contributed by atoms with van der Waals surface area (Å²) < 4.78 is 11.1. The van der Waals surface area contributed by atoms with Crippen molar-refractivity contribution in [2.75, 3.05) is 60.1 Å². The van der Waals surface area contributed by atoms with Crippen LogP contribution in [0.2, 0.25) is 5.02 Å². The molecule has 2 aromatic carbocycles. The number of carbonyl (C=O) groups excluding carboxylic acids is 1. The fourth-order valence-electron chi connectivity index (χ4n) is 5.15. The number of piperazine rings is 1. The molecule has 2 aromatic rings. The molecule has 2 heterocycles. The topological polar surface area (TPSA) is 54.0 Å². The van der Waals surface area contributed by atoms with Crippen molar-refractivity contribution in [3.05, 3.63) is 63.7 Å². The Morgan fingerprint density at radius 3 is 2.50 bits per heavy atom. The maximum atomic E-state index is 10.1. The number of rotatable bonds is 9. The second-order valence-corrected chi connectivity index (χ2v) is 10.2. The van der Waals surface area contributed by atoms with Gasteiger partial charge in [-0.2, -0.15) is 0 Å². The SMILES string of the molecule is COCCNCCOc1ccc(C2CCCC3CN(C)CCN32)c(C)c1C.O=Cc1ccc(Cl)cc1. The number of likely N-dealkylation sites (N-methyl/N-ethyl adjacent to an activating group) is 1. The number of aldehydes is 1. The van der Waals surface area contributed by atoms with Crippen LogP contribution in [0.1, 0.15) is 52.4 Å². The van der Waals surface area contributed by atoms with Gasteiger partial charge in [0.15, 0.2) is 0 Å². The number of ether oxygens (including phenoxy) is 2. The summed E-state index contributed by atoms with van der Waals surface area (Å²) in [6.07, 6.45) is 4.75. The van der Waals surface area contributed by atoms with E-state index >= 15 is 0 Å². The monoisotopic (exact) mass is 515 g/mol. The zero-order valence-electron chi connectivity index (χ0n) is 22.3. The Hall–Kier alpha value is -1.96. The number of halogens is 1. The first kappa shape index (κ1) is 28.6. The van der Waals surface area contributed by atoms with Crippen molar-refractivity contribution in [1.82, 2.24) is 15.1 Å². The first-order valence-electron chi connectivity index (χ1n) is 13.0. The molecule has 2 atom stereocenters. The smallest absolute Gasteiger partial charge is 0.150 e. The molecule has 4 rings (SSSR count). The highest BCUT2D eigenvalue weighted by Crippen LogP contribution is 2.39. The molecule has 2 saturated heterocycles. The number of hydrogen-bond acceptors (Lipinski definition) is 6. The third kappa shape index (κ3) is 8.02. The minimum Gasteiger partial charge on any atom is -0.492 e. The lowest BCUT2D eigenvalue weighted by atomic mass is 9.86. The van der Waals surface area contributed by atoms with Crippen molar-refractivity contribution in [2.45, 2.75) is 45.2 Å². The fraction of sp³-hybridized carbons (Fsp3) is 0.552. The normalized spacial score (nSPS) is 20.2. The molecular weight excluding hydrogens is 474 g/mol. The summed E-state index contributed by atoms with van der Waals surface area (Å²) in [5.74, 6) is 1.02. The van der Waals surface area contributed by atoms with Crippen LogP contribution in [0.25, 0.3) is 0 Å². The molecule has 2 fully saturated rings. The van der Waals surface area contributed by atoms with Gasteiger partial charge in [-0.15, -0.1) is 0 Å². The van der Waals surface area contributed by atoms with Crippen molar-refractivity contribution in [2.24, 2.45) is 0 Å².